The van der Waals surface area contributed by atoms with E-state index in [0.29, 0.717) is 24.5 Å². The Hall–Kier alpha value is -3.12. The second-order valence-electron chi connectivity index (χ2n) is 5.47. The first-order valence-corrected chi connectivity index (χ1v) is 8.61. The molecule has 2 rings (SSSR count). The summed E-state index contributed by atoms with van der Waals surface area (Å²) in [6.07, 6.45) is 3.08. The van der Waals surface area contributed by atoms with E-state index in [4.69, 9.17) is 14.2 Å². The van der Waals surface area contributed by atoms with Crippen LogP contribution in [-0.4, -0.2) is 38.8 Å². The molecule has 27 heavy (non-hydrogen) atoms. The second-order valence-corrected chi connectivity index (χ2v) is 5.47. The average molecular weight is 369 g/mol. The Morgan fingerprint density at radius 2 is 1.78 bits per heavy atom. The summed E-state index contributed by atoms with van der Waals surface area (Å²) in [4.78, 5) is 24.4. The Morgan fingerprint density at radius 3 is 2.48 bits per heavy atom. The molecule has 0 fully saturated rings. The number of benzene rings is 2. The third-order valence-corrected chi connectivity index (χ3v) is 3.61. The zero-order chi connectivity index (χ0) is 19.5. The number of carbonyl (C=O) groups is 2. The maximum atomic E-state index is 12.2. The number of ether oxygens (including phenoxy) is 3. The molecule has 0 aromatic heterocycles. The molecule has 1 amide bonds. The van der Waals surface area contributed by atoms with Crippen LogP contribution >= 0.6 is 0 Å². The molecule has 0 heterocycles. The summed E-state index contributed by atoms with van der Waals surface area (Å²) in [5, 5.41) is 2.70. The Labute approximate surface area is 158 Å². The van der Waals surface area contributed by atoms with E-state index in [1.165, 1.54) is 6.08 Å². The van der Waals surface area contributed by atoms with Crippen molar-refractivity contribution in [2.75, 3.05) is 32.2 Å². The number of nitrogens with one attached hydrogen (secondary N) is 1. The molecule has 6 nitrogen and oxygen atoms in total. The predicted octanol–water partition coefficient (Wildman–Crippen LogP) is 3.54. The third-order valence-electron chi connectivity index (χ3n) is 3.61. The first-order valence-electron chi connectivity index (χ1n) is 8.61. The number of methoxy groups -OCH3 is 1. The van der Waals surface area contributed by atoms with Crippen LogP contribution in [0.1, 0.15) is 22.8 Å². The highest BCUT2D eigenvalue weighted by Gasteiger charge is 2.13. The Kier molecular flexibility index (Phi) is 8.06. The molecule has 0 spiro atoms. The summed E-state index contributed by atoms with van der Waals surface area (Å²) in [5.74, 6) is -0.113. The Balaban J connectivity index is 1.98. The summed E-state index contributed by atoms with van der Waals surface area (Å²) >= 11 is 0. The number of anilines is 1. The van der Waals surface area contributed by atoms with Crippen molar-refractivity contribution in [3.63, 3.8) is 0 Å². The molecule has 0 saturated heterocycles. The van der Waals surface area contributed by atoms with E-state index in [1.54, 1.807) is 37.5 Å². The number of hydrogen-bond donors (Lipinski definition) is 1. The summed E-state index contributed by atoms with van der Waals surface area (Å²) in [6, 6.07) is 14.0. The summed E-state index contributed by atoms with van der Waals surface area (Å²) < 4.78 is 15.4. The molecule has 0 bridgehead atoms. The maximum Gasteiger partial charge on any atom is 0.340 e. The van der Waals surface area contributed by atoms with Gasteiger partial charge in [-0.05, 0) is 42.8 Å². The predicted molar refractivity (Wildman–Crippen MR) is 104 cm³/mol. The average Bonchev–Trinajstić information content (AvgIpc) is 2.70. The van der Waals surface area contributed by atoms with Crippen LogP contribution in [0.15, 0.2) is 54.6 Å². The summed E-state index contributed by atoms with van der Waals surface area (Å²) in [5.41, 5.74) is 1.54. The quantitative estimate of drug-likeness (QED) is 0.416. The molecule has 0 aliphatic rings. The molecule has 0 atom stereocenters. The minimum absolute atomic E-state index is 0.159. The fraction of sp³-hybridized carbons (Fsp3) is 0.238. The van der Waals surface area contributed by atoms with Crippen LogP contribution in [0.3, 0.4) is 0 Å². The van der Waals surface area contributed by atoms with Crippen molar-refractivity contribution in [2.24, 2.45) is 0 Å². The van der Waals surface area contributed by atoms with Gasteiger partial charge in [0.1, 0.15) is 12.4 Å². The number of para-hydroxylation sites is 1. The van der Waals surface area contributed by atoms with Gasteiger partial charge in [-0.2, -0.15) is 0 Å². The lowest BCUT2D eigenvalue weighted by Crippen LogP contribution is -2.15. The zero-order valence-corrected chi connectivity index (χ0v) is 15.4. The van der Waals surface area contributed by atoms with Crippen molar-refractivity contribution < 1.29 is 23.8 Å². The normalized spacial score (nSPS) is 10.6. The van der Waals surface area contributed by atoms with Crippen molar-refractivity contribution in [1.29, 1.82) is 0 Å². The van der Waals surface area contributed by atoms with Crippen LogP contribution < -0.4 is 10.1 Å². The van der Waals surface area contributed by atoms with Crippen molar-refractivity contribution >= 4 is 23.6 Å². The molecule has 0 saturated carbocycles. The highest BCUT2D eigenvalue weighted by atomic mass is 16.6. The van der Waals surface area contributed by atoms with Gasteiger partial charge in [0, 0.05) is 12.7 Å². The third kappa shape index (κ3) is 6.60. The van der Waals surface area contributed by atoms with Crippen LogP contribution in [0.2, 0.25) is 0 Å². The van der Waals surface area contributed by atoms with Gasteiger partial charge in [0.2, 0.25) is 5.91 Å². The first kappa shape index (κ1) is 20.2. The standard InChI is InChI=1S/C21H23NO5/c1-3-26-14-15-27-21(24)18-6-4-5-7-19(18)22-20(23)13-10-16-8-11-17(25-2)12-9-16/h4-13H,3,14-15H2,1-2H3,(H,22,23). The second kappa shape index (κ2) is 10.8. The molecule has 0 unspecified atom stereocenters. The van der Waals surface area contributed by atoms with Crippen molar-refractivity contribution in [1.82, 2.24) is 0 Å². The molecular weight excluding hydrogens is 346 g/mol. The van der Waals surface area contributed by atoms with E-state index in [2.05, 4.69) is 5.32 Å². The lowest BCUT2D eigenvalue weighted by molar-refractivity contribution is -0.111. The number of amides is 1. The van der Waals surface area contributed by atoms with Crippen LogP contribution in [0.5, 0.6) is 5.75 Å². The molecule has 1 N–H and O–H groups in total. The summed E-state index contributed by atoms with van der Waals surface area (Å²) in [6.45, 7) is 2.92. The van der Waals surface area contributed by atoms with Gasteiger partial charge in [0.05, 0.1) is 25.0 Å². The molecule has 2 aromatic rings. The highest BCUT2D eigenvalue weighted by molar-refractivity contribution is 6.06. The monoisotopic (exact) mass is 369 g/mol. The van der Waals surface area contributed by atoms with Gasteiger partial charge in [-0.1, -0.05) is 24.3 Å². The molecule has 6 heteroatoms. The summed E-state index contributed by atoms with van der Waals surface area (Å²) in [7, 11) is 1.59. The van der Waals surface area contributed by atoms with Gasteiger partial charge < -0.3 is 19.5 Å². The Bertz CT molecular complexity index is 783. The topological polar surface area (TPSA) is 73.9 Å². The van der Waals surface area contributed by atoms with E-state index in [-0.39, 0.29) is 12.5 Å². The number of hydrogen-bond acceptors (Lipinski definition) is 5. The van der Waals surface area contributed by atoms with Crippen molar-refractivity contribution in [3.05, 3.63) is 65.7 Å². The fourth-order valence-electron chi connectivity index (χ4n) is 2.25. The first-order chi connectivity index (χ1) is 13.1. The number of rotatable bonds is 9. The van der Waals surface area contributed by atoms with Crippen LogP contribution in [-0.2, 0) is 14.3 Å². The molecule has 2 aromatic carbocycles. The van der Waals surface area contributed by atoms with Gasteiger partial charge in [0.25, 0.3) is 0 Å². The van der Waals surface area contributed by atoms with Crippen molar-refractivity contribution in [2.45, 2.75) is 6.92 Å². The van der Waals surface area contributed by atoms with Gasteiger partial charge in [0.15, 0.2) is 0 Å². The van der Waals surface area contributed by atoms with Gasteiger partial charge in [-0.3, -0.25) is 4.79 Å². The molecule has 0 aliphatic carbocycles. The van der Waals surface area contributed by atoms with Crippen LogP contribution in [0, 0.1) is 0 Å². The van der Waals surface area contributed by atoms with E-state index < -0.39 is 5.97 Å². The molecule has 142 valence electrons. The Morgan fingerprint density at radius 1 is 1.04 bits per heavy atom. The molecule has 0 aliphatic heterocycles. The maximum absolute atomic E-state index is 12.2. The van der Waals surface area contributed by atoms with Crippen LogP contribution in [0.25, 0.3) is 6.08 Å². The fourth-order valence-corrected chi connectivity index (χ4v) is 2.25. The zero-order valence-electron chi connectivity index (χ0n) is 15.4. The lowest BCUT2D eigenvalue weighted by atomic mass is 10.1. The lowest BCUT2D eigenvalue weighted by Gasteiger charge is -2.10. The minimum Gasteiger partial charge on any atom is -0.497 e. The van der Waals surface area contributed by atoms with E-state index in [0.717, 1.165) is 11.3 Å². The largest absolute Gasteiger partial charge is 0.497 e. The minimum atomic E-state index is -0.510. The number of carbonyl (C=O) groups excluding carboxylic acids is 2. The SMILES string of the molecule is CCOCCOC(=O)c1ccccc1NC(=O)C=Cc1ccc(OC)cc1. The van der Waals surface area contributed by atoms with Crippen molar-refractivity contribution in [3.8, 4) is 5.75 Å². The van der Waals surface area contributed by atoms with Crippen LogP contribution in [0.4, 0.5) is 5.69 Å². The van der Waals surface area contributed by atoms with E-state index in [9.17, 15) is 9.59 Å². The van der Waals surface area contributed by atoms with Gasteiger partial charge in [-0.25, -0.2) is 4.79 Å². The molecular formula is C21H23NO5. The van der Waals surface area contributed by atoms with E-state index in [1.807, 2.05) is 31.2 Å². The number of esters is 1. The molecule has 0 radical (unpaired) electrons. The van der Waals surface area contributed by atoms with Gasteiger partial charge >= 0.3 is 5.97 Å². The highest BCUT2D eigenvalue weighted by Crippen LogP contribution is 2.17. The van der Waals surface area contributed by atoms with Gasteiger partial charge in [-0.15, -0.1) is 0 Å². The smallest absolute Gasteiger partial charge is 0.340 e. The van der Waals surface area contributed by atoms with E-state index >= 15 is 0 Å².